The fourth-order valence-corrected chi connectivity index (χ4v) is 2.27. The van der Waals surface area contributed by atoms with Crippen molar-refractivity contribution in [1.29, 1.82) is 0 Å². The average Bonchev–Trinajstić information content (AvgIpc) is 2.87. The number of ether oxygens (including phenoxy) is 1. The molecule has 0 spiro atoms. The zero-order valence-corrected chi connectivity index (χ0v) is 11.5. The number of imidazole rings is 1. The standard InChI is InChI=1S/C16H17N3O2/c17-13(11-4-2-1-3-5-11)8-9-21-12-6-7-14-15(10-12)19-16(20)18-14/h1-7,10,13H,8-9,17H2,(H2,18,19,20). The van der Waals surface area contributed by atoms with Crippen LogP contribution in [-0.4, -0.2) is 16.6 Å². The van der Waals surface area contributed by atoms with E-state index in [4.69, 9.17) is 10.5 Å². The van der Waals surface area contributed by atoms with Gasteiger partial charge in [0.2, 0.25) is 0 Å². The van der Waals surface area contributed by atoms with Crippen LogP contribution in [-0.2, 0) is 0 Å². The molecule has 3 aromatic rings. The van der Waals surface area contributed by atoms with Gasteiger partial charge in [-0.05, 0) is 17.7 Å². The number of aromatic amines is 2. The van der Waals surface area contributed by atoms with Crippen LogP contribution in [0.3, 0.4) is 0 Å². The van der Waals surface area contributed by atoms with Crippen LogP contribution in [0.25, 0.3) is 11.0 Å². The molecule has 5 nitrogen and oxygen atoms in total. The van der Waals surface area contributed by atoms with Crippen LogP contribution in [0.1, 0.15) is 18.0 Å². The first-order valence-electron chi connectivity index (χ1n) is 6.88. The Hall–Kier alpha value is -2.53. The highest BCUT2D eigenvalue weighted by atomic mass is 16.5. The van der Waals surface area contributed by atoms with Gasteiger partial charge < -0.3 is 20.4 Å². The Balaban J connectivity index is 1.60. The molecule has 1 unspecified atom stereocenters. The number of hydrogen-bond acceptors (Lipinski definition) is 3. The van der Waals surface area contributed by atoms with Crippen LogP contribution in [0.4, 0.5) is 0 Å². The van der Waals surface area contributed by atoms with Crippen molar-refractivity contribution in [3.05, 3.63) is 64.6 Å². The van der Waals surface area contributed by atoms with Crippen molar-refractivity contribution in [1.82, 2.24) is 9.97 Å². The van der Waals surface area contributed by atoms with Gasteiger partial charge in [-0.2, -0.15) is 0 Å². The molecule has 0 amide bonds. The van der Waals surface area contributed by atoms with E-state index in [1.165, 1.54) is 0 Å². The van der Waals surface area contributed by atoms with E-state index in [0.717, 1.165) is 28.8 Å². The quantitative estimate of drug-likeness (QED) is 0.672. The van der Waals surface area contributed by atoms with E-state index in [-0.39, 0.29) is 11.7 Å². The van der Waals surface area contributed by atoms with Gasteiger partial charge in [0, 0.05) is 18.5 Å². The molecule has 0 aliphatic carbocycles. The largest absolute Gasteiger partial charge is 0.493 e. The minimum absolute atomic E-state index is 0.0398. The molecule has 0 bridgehead atoms. The van der Waals surface area contributed by atoms with E-state index in [0.29, 0.717) is 6.61 Å². The van der Waals surface area contributed by atoms with Crippen LogP contribution in [0, 0.1) is 0 Å². The molecule has 108 valence electrons. The summed E-state index contributed by atoms with van der Waals surface area (Å²) in [6, 6.07) is 15.4. The molecule has 0 aliphatic rings. The Kier molecular flexibility index (Phi) is 3.75. The number of hydrogen-bond donors (Lipinski definition) is 3. The molecule has 21 heavy (non-hydrogen) atoms. The van der Waals surface area contributed by atoms with Crippen LogP contribution >= 0.6 is 0 Å². The average molecular weight is 283 g/mol. The summed E-state index contributed by atoms with van der Waals surface area (Å²) in [5, 5.41) is 0. The molecule has 1 atom stereocenters. The molecule has 3 rings (SSSR count). The number of benzene rings is 2. The molecule has 1 heterocycles. The molecule has 5 heteroatoms. The van der Waals surface area contributed by atoms with E-state index in [2.05, 4.69) is 9.97 Å². The lowest BCUT2D eigenvalue weighted by atomic mass is 10.1. The molecular weight excluding hydrogens is 266 g/mol. The summed E-state index contributed by atoms with van der Waals surface area (Å²) in [4.78, 5) is 16.6. The maximum atomic E-state index is 11.2. The number of nitrogens with two attached hydrogens (primary N) is 1. The second kappa shape index (κ2) is 5.85. The zero-order chi connectivity index (χ0) is 14.7. The second-order valence-electron chi connectivity index (χ2n) is 4.94. The number of nitrogens with one attached hydrogen (secondary N) is 2. The Morgan fingerprint density at radius 3 is 2.62 bits per heavy atom. The first-order valence-corrected chi connectivity index (χ1v) is 6.88. The third-order valence-corrected chi connectivity index (χ3v) is 3.41. The lowest BCUT2D eigenvalue weighted by molar-refractivity contribution is 0.299. The Morgan fingerprint density at radius 1 is 1.05 bits per heavy atom. The van der Waals surface area contributed by atoms with E-state index < -0.39 is 0 Å². The van der Waals surface area contributed by atoms with Gasteiger partial charge >= 0.3 is 5.69 Å². The molecule has 4 N–H and O–H groups in total. The predicted molar refractivity (Wildman–Crippen MR) is 82.4 cm³/mol. The van der Waals surface area contributed by atoms with Crippen LogP contribution in [0.15, 0.2) is 53.3 Å². The topological polar surface area (TPSA) is 83.9 Å². The number of rotatable bonds is 5. The molecule has 1 aromatic heterocycles. The van der Waals surface area contributed by atoms with Gasteiger partial charge in [0.15, 0.2) is 0 Å². The lowest BCUT2D eigenvalue weighted by Gasteiger charge is -2.12. The maximum absolute atomic E-state index is 11.2. The van der Waals surface area contributed by atoms with Crippen molar-refractivity contribution < 1.29 is 4.74 Å². The molecule has 0 fully saturated rings. The number of H-pyrrole nitrogens is 2. The lowest BCUT2D eigenvalue weighted by Crippen LogP contribution is -2.14. The smallest absolute Gasteiger partial charge is 0.323 e. The number of fused-ring (bicyclic) bond motifs is 1. The fourth-order valence-electron chi connectivity index (χ4n) is 2.27. The Bertz CT molecular complexity index is 777. The molecule has 0 saturated heterocycles. The van der Waals surface area contributed by atoms with Gasteiger partial charge in [-0.25, -0.2) is 4.79 Å². The summed E-state index contributed by atoms with van der Waals surface area (Å²) in [5.74, 6) is 0.720. The van der Waals surface area contributed by atoms with Gasteiger partial charge in [0.05, 0.1) is 17.6 Å². The van der Waals surface area contributed by atoms with Crippen LogP contribution in [0.5, 0.6) is 5.75 Å². The van der Waals surface area contributed by atoms with Gasteiger partial charge in [-0.15, -0.1) is 0 Å². The summed E-state index contributed by atoms with van der Waals surface area (Å²) in [6.45, 7) is 0.524. The number of aromatic nitrogens is 2. The highest BCUT2D eigenvalue weighted by Crippen LogP contribution is 2.18. The summed E-state index contributed by atoms with van der Waals surface area (Å²) in [7, 11) is 0. The van der Waals surface area contributed by atoms with E-state index in [1.807, 2.05) is 42.5 Å². The van der Waals surface area contributed by atoms with Crippen molar-refractivity contribution in [2.75, 3.05) is 6.61 Å². The minimum atomic E-state index is -0.215. The molecule has 0 saturated carbocycles. The van der Waals surface area contributed by atoms with Gasteiger partial charge in [-0.1, -0.05) is 30.3 Å². The first kappa shape index (κ1) is 13.5. The van der Waals surface area contributed by atoms with Gasteiger partial charge in [-0.3, -0.25) is 0 Å². The van der Waals surface area contributed by atoms with Crippen molar-refractivity contribution in [2.45, 2.75) is 12.5 Å². The second-order valence-corrected chi connectivity index (χ2v) is 4.94. The fraction of sp³-hybridized carbons (Fsp3) is 0.188. The summed E-state index contributed by atoms with van der Waals surface area (Å²) in [5.41, 5.74) is 8.52. The first-order chi connectivity index (χ1) is 10.2. The Morgan fingerprint density at radius 2 is 1.81 bits per heavy atom. The third kappa shape index (κ3) is 3.14. The van der Waals surface area contributed by atoms with Crippen LogP contribution < -0.4 is 16.2 Å². The highest BCUT2D eigenvalue weighted by molar-refractivity contribution is 5.75. The molecule has 0 radical (unpaired) electrons. The third-order valence-electron chi connectivity index (χ3n) is 3.41. The molecular formula is C16H17N3O2. The highest BCUT2D eigenvalue weighted by Gasteiger charge is 2.06. The minimum Gasteiger partial charge on any atom is -0.493 e. The molecule has 0 aliphatic heterocycles. The Labute approximate surface area is 121 Å². The van der Waals surface area contributed by atoms with E-state index in [9.17, 15) is 4.79 Å². The molecule has 2 aromatic carbocycles. The van der Waals surface area contributed by atoms with Gasteiger partial charge in [0.1, 0.15) is 5.75 Å². The van der Waals surface area contributed by atoms with Crippen molar-refractivity contribution >= 4 is 11.0 Å². The van der Waals surface area contributed by atoms with E-state index >= 15 is 0 Å². The summed E-state index contributed by atoms with van der Waals surface area (Å²) in [6.07, 6.45) is 0.728. The van der Waals surface area contributed by atoms with Crippen molar-refractivity contribution in [3.63, 3.8) is 0 Å². The SMILES string of the molecule is NC(CCOc1ccc2[nH]c(=O)[nH]c2c1)c1ccccc1. The monoisotopic (exact) mass is 283 g/mol. The van der Waals surface area contributed by atoms with Crippen molar-refractivity contribution in [3.8, 4) is 5.75 Å². The van der Waals surface area contributed by atoms with Crippen molar-refractivity contribution in [2.24, 2.45) is 5.73 Å². The zero-order valence-electron chi connectivity index (χ0n) is 11.5. The van der Waals surface area contributed by atoms with Crippen LogP contribution in [0.2, 0.25) is 0 Å². The normalized spacial score (nSPS) is 12.4. The van der Waals surface area contributed by atoms with Gasteiger partial charge in [0.25, 0.3) is 0 Å². The maximum Gasteiger partial charge on any atom is 0.323 e. The van der Waals surface area contributed by atoms with E-state index in [1.54, 1.807) is 6.07 Å². The summed E-state index contributed by atoms with van der Waals surface area (Å²) >= 11 is 0. The predicted octanol–water partition coefficient (Wildman–Crippen LogP) is 2.33. The summed E-state index contributed by atoms with van der Waals surface area (Å²) < 4.78 is 5.70.